The Hall–Kier alpha value is -1.10. The first-order chi connectivity index (χ1) is 9.72. The van der Waals surface area contributed by atoms with Gasteiger partial charge in [-0.2, -0.15) is 0 Å². The number of nitrogens with one attached hydrogen (secondary N) is 1. The maximum atomic E-state index is 5.64. The lowest BCUT2D eigenvalue weighted by atomic mass is 9.99. The second-order valence-corrected chi connectivity index (χ2v) is 5.57. The lowest BCUT2D eigenvalue weighted by Crippen LogP contribution is -2.36. The van der Waals surface area contributed by atoms with Crippen molar-refractivity contribution in [3.63, 3.8) is 0 Å². The van der Waals surface area contributed by atoms with Gasteiger partial charge in [-0.05, 0) is 49.8 Å². The molecule has 0 fully saturated rings. The van der Waals surface area contributed by atoms with E-state index in [1.165, 1.54) is 11.1 Å². The maximum absolute atomic E-state index is 5.64. The van der Waals surface area contributed by atoms with Gasteiger partial charge in [0.25, 0.3) is 0 Å². The zero-order valence-corrected chi connectivity index (χ0v) is 12.5. The quantitative estimate of drug-likeness (QED) is 0.565. The third-order valence-corrected chi connectivity index (χ3v) is 4.10. The van der Waals surface area contributed by atoms with Gasteiger partial charge in [-0.1, -0.05) is 12.1 Å². The summed E-state index contributed by atoms with van der Waals surface area (Å²) in [6.45, 7) is 2.91. The van der Waals surface area contributed by atoms with E-state index >= 15 is 0 Å². The van der Waals surface area contributed by atoms with Crippen molar-refractivity contribution in [2.75, 3.05) is 13.7 Å². The second kappa shape index (κ2) is 7.62. The SMILES string of the molecule is COC(C)CCC(CCc1ccc2c(c1)CCO2)NN. The van der Waals surface area contributed by atoms with Gasteiger partial charge < -0.3 is 9.47 Å². The average molecular weight is 278 g/mol. The van der Waals surface area contributed by atoms with Crippen molar-refractivity contribution in [2.45, 2.75) is 51.2 Å². The normalized spacial score (nSPS) is 16.6. The van der Waals surface area contributed by atoms with Crippen LogP contribution in [0.4, 0.5) is 0 Å². The summed E-state index contributed by atoms with van der Waals surface area (Å²) in [5.41, 5.74) is 5.63. The summed E-state index contributed by atoms with van der Waals surface area (Å²) in [5.74, 6) is 6.70. The van der Waals surface area contributed by atoms with Crippen LogP contribution in [-0.2, 0) is 17.6 Å². The van der Waals surface area contributed by atoms with Gasteiger partial charge in [0.05, 0.1) is 12.7 Å². The molecule has 0 amide bonds. The molecule has 0 aromatic heterocycles. The number of methoxy groups -OCH3 is 1. The molecule has 112 valence electrons. The van der Waals surface area contributed by atoms with Crippen molar-refractivity contribution in [3.05, 3.63) is 29.3 Å². The van der Waals surface area contributed by atoms with Crippen LogP contribution in [0.15, 0.2) is 18.2 Å². The third kappa shape index (κ3) is 4.20. The number of aryl methyl sites for hydroxylation is 1. The van der Waals surface area contributed by atoms with Gasteiger partial charge in [0, 0.05) is 19.6 Å². The number of fused-ring (bicyclic) bond motifs is 1. The molecule has 2 rings (SSSR count). The third-order valence-electron chi connectivity index (χ3n) is 4.10. The predicted octanol–water partition coefficient (Wildman–Crippen LogP) is 2.20. The largest absolute Gasteiger partial charge is 0.493 e. The lowest BCUT2D eigenvalue weighted by molar-refractivity contribution is 0.105. The molecule has 2 unspecified atom stereocenters. The number of nitrogens with two attached hydrogens (primary N) is 1. The van der Waals surface area contributed by atoms with Crippen molar-refractivity contribution < 1.29 is 9.47 Å². The maximum Gasteiger partial charge on any atom is 0.122 e. The smallest absolute Gasteiger partial charge is 0.122 e. The van der Waals surface area contributed by atoms with E-state index in [-0.39, 0.29) is 0 Å². The zero-order valence-electron chi connectivity index (χ0n) is 12.5. The second-order valence-electron chi connectivity index (χ2n) is 5.57. The topological polar surface area (TPSA) is 56.5 Å². The molecule has 4 heteroatoms. The molecule has 0 saturated carbocycles. The highest BCUT2D eigenvalue weighted by atomic mass is 16.5. The van der Waals surface area contributed by atoms with Crippen molar-refractivity contribution >= 4 is 0 Å². The highest BCUT2D eigenvalue weighted by molar-refractivity contribution is 5.39. The first-order valence-corrected chi connectivity index (χ1v) is 7.46. The van der Waals surface area contributed by atoms with Crippen LogP contribution < -0.4 is 16.0 Å². The van der Waals surface area contributed by atoms with Crippen LogP contribution in [0.1, 0.15) is 37.3 Å². The number of benzene rings is 1. The Bertz CT molecular complexity index is 423. The van der Waals surface area contributed by atoms with Crippen LogP contribution in [0.5, 0.6) is 5.75 Å². The molecule has 4 nitrogen and oxygen atoms in total. The molecule has 1 aromatic carbocycles. The first kappa shape index (κ1) is 15.3. The van der Waals surface area contributed by atoms with E-state index in [0.717, 1.165) is 44.5 Å². The molecule has 1 aliphatic heterocycles. The summed E-state index contributed by atoms with van der Waals surface area (Å²) in [6, 6.07) is 6.87. The molecule has 0 bridgehead atoms. The predicted molar refractivity (Wildman–Crippen MR) is 80.8 cm³/mol. The van der Waals surface area contributed by atoms with Gasteiger partial charge in [-0.3, -0.25) is 11.3 Å². The minimum atomic E-state index is 0.294. The van der Waals surface area contributed by atoms with Gasteiger partial charge in [0.2, 0.25) is 0 Å². The molecule has 1 aliphatic rings. The Morgan fingerprint density at radius 2 is 2.20 bits per heavy atom. The van der Waals surface area contributed by atoms with E-state index in [9.17, 15) is 0 Å². The molecule has 20 heavy (non-hydrogen) atoms. The Balaban J connectivity index is 1.80. The van der Waals surface area contributed by atoms with Crippen molar-refractivity contribution in [1.82, 2.24) is 5.43 Å². The van der Waals surface area contributed by atoms with Gasteiger partial charge >= 0.3 is 0 Å². The van der Waals surface area contributed by atoms with E-state index in [4.69, 9.17) is 15.3 Å². The van der Waals surface area contributed by atoms with Crippen LogP contribution in [0.2, 0.25) is 0 Å². The summed E-state index contributed by atoms with van der Waals surface area (Å²) in [4.78, 5) is 0. The number of hydrogen-bond acceptors (Lipinski definition) is 4. The monoisotopic (exact) mass is 278 g/mol. The molecule has 0 spiro atoms. The molecule has 0 saturated heterocycles. The number of hydrogen-bond donors (Lipinski definition) is 2. The van der Waals surface area contributed by atoms with Gasteiger partial charge in [-0.15, -0.1) is 0 Å². The van der Waals surface area contributed by atoms with E-state index in [1.54, 1.807) is 7.11 Å². The van der Waals surface area contributed by atoms with E-state index < -0.39 is 0 Å². The summed E-state index contributed by atoms with van der Waals surface area (Å²) >= 11 is 0. The minimum Gasteiger partial charge on any atom is -0.493 e. The van der Waals surface area contributed by atoms with Crippen LogP contribution in [0.3, 0.4) is 0 Å². The summed E-state index contributed by atoms with van der Waals surface area (Å²) in [6.07, 6.45) is 5.49. The number of rotatable bonds is 8. The molecule has 2 atom stereocenters. The van der Waals surface area contributed by atoms with E-state index in [1.807, 2.05) is 0 Å². The molecule has 0 aliphatic carbocycles. The first-order valence-electron chi connectivity index (χ1n) is 7.46. The van der Waals surface area contributed by atoms with Crippen molar-refractivity contribution in [3.8, 4) is 5.75 Å². The average Bonchev–Trinajstić information content (AvgIpc) is 2.94. The van der Waals surface area contributed by atoms with Crippen LogP contribution >= 0.6 is 0 Å². The zero-order chi connectivity index (χ0) is 14.4. The summed E-state index contributed by atoms with van der Waals surface area (Å²) in [7, 11) is 1.75. The molecule has 1 heterocycles. The summed E-state index contributed by atoms with van der Waals surface area (Å²) in [5, 5.41) is 0. The Labute approximate surface area is 121 Å². The van der Waals surface area contributed by atoms with Crippen molar-refractivity contribution in [2.24, 2.45) is 5.84 Å². The highest BCUT2D eigenvalue weighted by Gasteiger charge is 2.13. The molecule has 3 N–H and O–H groups in total. The standard InChI is InChI=1S/C16H26N2O2/c1-12(19-2)3-6-15(18-17)7-4-13-5-8-16-14(11-13)9-10-20-16/h5,8,11-12,15,18H,3-4,6-7,9-10,17H2,1-2H3. The molecule has 1 aromatic rings. The summed E-state index contributed by atoms with van der Waals surface area (Å²) < 4.78 is 10.8. The Morgan fingerprint density at radius 3 is 2.95 bits per heavy atom. The van der Waals surface area contributed by atoms with Crippen molar-refractivity contribution in [1.29, 1.82) is 0 Å². The Morgan fingerprint density at radius 1 is 1.35 bits per heavy atom. The van der Waals surface area contributed by atoms with Crippen LogP contribution in [0.25, 0.3) is 0 Å². The minimum absolute atomic E-state index is 0.294. The van der Waals surface area contributed by atoms with Gasteiger partial charge in [0.15, 0.2) is 0 Å². The fourth-order valence-corrected chi connectivity index (χ4v) is 2.60. The number of hydrazine groups is 1. The van der Waals surface area contributed by atoms with Gasteiger partial charge in [-0.25, -0.2) is 0 Å². The van der Waals surface area contributed by atoms with E-state index in [2.05, 4.69) is 30.5 Å². The van der Waals surface area contributed by atoms with E-state index in [0.29, 0.717) is 12.1 Å². The lowest BCUT2D eigenvalue weighted by Gasteiger charge is -2.18. The Kier molecular flexibility index (Phi) is 5.83. The van der Waals surface area contributed by atoms with Crippen LogP contribution in [0, 0.1) is 0 Å². The number of ether oxygens (including phenoxy) is 2. The van der Waals surface area contributed by atoms with Gasteiger partial charge in [0.1, 0.15) is 5.75 Å². The molecule has 0 radical (unpaired) electrons. The molecular formula is C16H26N2O2. The fourth-order valence-electron chi connectivity index (χ4n) is 2.60. The van der Waals surface area contributed by atoms with Crippen LogP contribution in [-0.4, -0.2) is 25.9 Å². The fraction of sp³-hybridized carbons (Fsp3) is 0.625. The highest BCUT2D eigenvalue weighted by Crippen LogP contribution is 2.26. The molecular weight excluding hydrogens is 252 g/mol.